The van der Waals surface area contributed by atoms with Crippen LogP contribution in [0.1, 0.15) is 0 Å². The number of furan rings is 1. The maximum atomic E-state index is 5.78. The third-order valence-corrected chi connectivity index (χ3v) is 2.73. The summed E-state index contributed by atoms with van der Waals surface area (Å²) in [5.41, 5.74) is 6.60. The monoisotopic (exact) mass is 248 g/mol. The lowest BCUT2D eigenvalue weighted by Crippen LogP contribution is -1.95. The summed E-state index contributed by atoms with van der Waals surface area (Å²) in [5, 5.41) is 0.553. The Balaban J connectivity index is 2.22. The number of rotatable bonds is 2. The molecule has 7 heteroatoms. The second-order valence-electron chi connectivity index (χ2n) is 3.25. The van der Waals surface area contributed by atoms with Gasteiger partial charge >= 0.3 is 0 Å². The molecule has 0 radical (unpaired) electrons. The first kappa shape index (κ1) is 10.2. The van der Waals surface area contributed by atoms with Crippen LogP contribution in [-0.2, 0) is 0 Å². The molecule has 6 nitrogen and oxygen atoms in total. The van der Waals surface area contributed by atoms with Crippen molar-refractivity contribution in [3.05, 3.63) is 18.4 Å². The Hall–Kier alpha value is -2.02. The lowest BCUT2D eigenvalue weighted by molar-refractivity contribution is 0.530. The van der Waals surface area contributed by atoms with Gasteiger partial charge in [0.25, 0.3) is 11.6 Å². The smallest absolute Gasteiger partial charge is 0.265 e. The number of anilines is 1. The standard InChI is InChI=1S/C10H8N4O2S/c1-17-10-13-7(11)6-9(14-10)16-8(12-6)5-3-2-4-15-5/h2-4H,1H3,(H2,11,13,14). The first-order chi connectivity index (χ1) is 8.28. The number of aromatic nitrogens is 3. The van der Waals surface area contributed by atoms with Gasteiger partial charge in [0.05, 0.1) is 6.26 Å². The number of oxazole rings is 1. The number of nitrogens with two attached hydrogens (primary N) is 1. The zero-order valence-electron chi connectivity index (χ0n) is 8.88. The molecule has 3 heterocycles. The molecule has 0 spiro atoms. The molecule has 17 heavy (non-hydrogen) atoms. The summed E-state index contributed by atoms with van der Waals surface area (Å²) in [6, 6.07) is 3.51. The molecule has 0 atom stereocenters. The summed E-state index contributed by atoms with van der Waals surface area (Å²) in [4.78, 5) is 12.5. The first-order valence-corrected chi connectivity index (χ1v) is 6.02. The van der Waals surface area contributed by atoms with Crippen LogP contribution in [0.4, 0.5) is 5.82 Å². The third-order valence-electron chi connectivity index (χ3n) is 2.18. The zero-order chi connectivity index (χ0) is 11.8. The van der Waals surface area contributed by atoms with Crippen LogP contribution in [0.25, 0.3) is 22.9 Å². The minimum Gasteiger partial charge on any atom is -0.459 e. The number of hydrogen-bond donors (Lipinski definition) is 1. The normalized spacial score (nSPS) is 11.1. The van der Waals surface area contributed by atoms with E-state index in [1.165, 1.54) is 11.8 Å². The fourth-order valence-electron chi connectivity index (χ4n) is 1.42. The number of nitrogens with zero attached hydrogens (tertiary/aromatic N) is 3. The molecule has 3 aromatic rings. The van der Waals surface area contributed by atoms with E-state index in [1.807, 2.05) is 6.26 Å². The van der Waals surface area contributed by atoms with Crippen LogP contribution >= 0.6 is 11.8 Å². The highest BCUT2D eigenvalue weighted by molar-refractivity contribution is 7.98. The molecule has 2 N–H and O–H groups in total. The molecule has 3 rings (SSSR count). The Bertz CT molecular complexity index is 662. The van der Waals surface area contributed by atoms with Crippen molar-refractivity contribution >= 4 is 28.8 Å². The third kappa shape index (κ3) is 1.64. The highest BCUT2D eigenvalue weighted by Gasteiger charge is 2.15. The van der Waals surface area contributed by atoms with Gasteiger partial charge in [-0.3, -0.25) is 0 Å². The predicted octanol–water partition coefficient (Wildman–Crippen LogP) is 2.18. The highest BCUT2D eigenvalue weighted by Crippen LogP contribution is 2.27. The summed E-state index contributed by atoms with van der Waals surface area (Å²) in [6.07, 6.45) is 3.41. The minimum absolute atomic E-state index is 0.306. The molecule has 0 saturated heterocycles. The maximum absolute atomic E-state index is 5.78. The first-order valence-electron chi connectivity index (χ1n) is 4.80. The molecular formula is C10H8N4O2S. The maximum Gasteiger partial charge on any atom is 0.265 e. The van der Waals surface area contributed by atoms with Crippen molar-refractivity contribution in [1.82, 2.24) is 15.0 Å². The largest absolute Gasteiger partial charge is 0.459 e. The summed E-state index contributed by atoms with van der Waals surface area (Å²) in [7, 11) is 0. The minimum atomic E-state index is 0.306. The summed E-state index contributed by atoms with van der Waals surface area (Å²) in [6.45, 7) is 0. The van der Waals surface area contributed by atoms with Crippen molar-refractivity contribution in [2.24, 2.45) is 0 Å². The molecule has 0 fully saturated rings. The molecule has 0 unspecified atom stereocenters. The summed E-state index contributed by atoms with van der Waals surface area (Å²) < 4.78 is 10.7. The van der Waals surface area contributed by atoms with Gasteiger partial charge in [0.15, 0.2) is 22.3 Å². The summed E-state index contributed by atoms with van der Waals surface area (Å²) >= 11 is 1.39. The van der Waals surface area contributed by atoms with Gasteiger partial charge in [-0.1, -0.05) is 11.8 Å². The van der Waals surface area contributed by atoms with Crippen molar-refractivity contribution in [3.63, 3.8) is 0 Å². The Kier molecular flexibility index (Phi) is 2.25. The molecule has 0 aliphatic rings. The van der Waals surface area contributed by atoms with Crippen LogP contribution < -0.4 is 5.73 Å². The second kappa shape index (κ2) is 3.77. The lowest BCUT2D eigenvalue weighted by Gasteiger charge is -1.95. The topological polar surface area (TPSA) is 91.0 Å². The van der Waals surface area contributed by atoms with Gasteiger partial charge in [-0.05, 0) is 18.4 Å². The van der Waals surface area contributed by atoms with Gasteiger partial charge in [-0.2, -0.15) is 4.98 Å². The summed E-state index contributed by atoms with van der Waals surface area (Å²) in [5.74, 6) is 1.19. The van der Waals surface area contributed by atoms with E-state index in [1.54, 1.807) is 18.4 Å². The van der Waals surface area contributed by atoms with E-state index in [-0.39, 0.29) is 0 Å². The number of thioether (sulfide) groups is 1. The van der Waals surface area contributed by atoms with E-state index < -0.39 is 0 Å². The molecule has 3 aromatic heterocycles. The molecule has 0 bridgehead atoms. The van der Waals surface area contributed by atoms with Gasteiger partial charge in [-0.15, -0.1) is 0 Å². The average Bonchev–Trinajstić information content (AvgIpc) is 2.96. The van der Waals surface area contributed by atoms with Crippen LogP contribution in [-0.4, -0.2) is 21.2 Å². The molecule has 0 aliphatic heterocycles. The van der Waals surface area contributed by atoms with Gasteiger partial charge in [0.2, 0.25) is 0 Å². The molecular weight excluding hydrogens is 240 g/mol. The number of nitrogen functional groups attached to an aromatic ring is 1. The van der Waals surface area contributed by atoms with E-state index >= 15 is 0 Å². The quantitative estimate of drug-likeness (QED) is 0.549. The van der Waals surface area contributed by atoms with Crippen molar-refractivity contribution in [2.75, 3.05) is 12.0 Å². The van der Waals surface area contributed by atoms with Crippen molar-refractivity contribution in [1.29, 1.82) is 0 Å². The Morgan fingerprint density at radius 1 is 1.29 bits per heavy atom. The van der Waals surface area contributed by atoms with E-state index in [9.17, 15) is 0 Å². The molecule has 86 valence electrons. The van der Waals surface area contributed by atoms with Gasteiger partial charge in [0.1, 0.15) is 0 Å². The van der Waals surface area contributed by atoms with Crippen molar-refractivity contribution < 1.29 is 8.83 Å². The van der Waals surface area contributed by atoms with Gasteiger partial charge in [0, 0.05) is 0 Å². The molecule has 0 amide bonds. The van der Waals surface area contributed by atoms with E-state index in [0.717, 1.165) is 0 Å². The molecule has 0 aromatic carbocycles. The molecule has 0 aliphatic carbocycles. The zero-order valence-corrected chi connectivity index (χ0v) is 9.69. The highest BCUT2D eigenvalue weighted by atomic mass is 32.2. The lowest BCUT2D eigenvalue weighted by atomic mass is 10.4. The van der Waals surface area contributed by atoms with Crippen LogP contribution in [0.15, 0.2) is 32.4 Å². The second-order valence-corrected chi connectivity index (χ2v) is 4.02. The number of fused-ring (bicyclic) bond motifs is 1. The van der Waals surface area contributed by atoms with Crippen LogP contribution in [0.3, 0.4) is 0 Å². The van der Waals surface area contributed by atoms with Crippen LogP contribution in [0, 0.1) is 0 Å². The van der Waals surface area contributed by atoms with Crippen LogP contribution in [0.2, 0.25) is 0 Å². The van der Waals surface area contributed by atoms with Crippen molar-refractivity contribution in [2.45, 2.75) is 5.16 Å². The van der Waals surface area contributed by atoms with E-state index in [2.05, 4.69) is 15.0 Å². The van der Waals surface area contributed by atoms with Crippen LogP contribution in [0.5, 0.6) is 0 Å². The number of hydrogen-bond acceptors (Lipinski definition) is 7. The Morgan fingerprint density at radius 3 is 2.88 bits per heavy atom. The Labute approximate surface area is 100 Å². The average molecular weight is 248 g/mol. The predicted molar refractivity (Wildman–Crippen MR) is 63.5 cm³/mol. The van der Waals surface area contributed by atoms with E-state index in [4.69, 9.17) is 14.6 Å². The Morgan fingerprint density at radius 2 is 2.18 bits per heavy atom. The SMILES string of the molecule is CSc1nc(N)c2nc(-c3ccco3)oc2n1. The molecule has 0 saturated carbocycles. The fourth-order valence-corrected chi connectivity index (χ4v) is 1.78. The van der Waals surface area contributed by atoms with Gasteiger partial charge < -0.3 is 14.6 Å². The van der Waals surface area contributed by atoms with E-state index in [0.29, 0.717) is 33.9 Å². The fraction of sp³-hybridized carbons (Fsp3) is 0.100. The van der Waals surface area contributed by atoms with Crippen molar-refractivity contribution in [3.8, 4) is 11.7 Å². The van der Waals surface area contributed by atoms with Gasteiger partial charge in [-0.25, -0.2) is 9.97 Å².